The van der Waals surface area contributed by atoms with Crippen molar-refractivity contribution in [3.8, 4) is 0 Å². The fourth-order valence-corrected chi connectivity index (χ4v) is 9.87. The van der Waals surface area contributed by atoms with Gasteiger partial charge in [-0.2, -0.15) is 0 Å². The van der Waals surface area contributed by atoms with Gasteiger partial charge in [0.1, 0.15) is 0 Å². The SMILES string of the molecule is CCCCCCCCC/C=C\CCCCCCCC(=O)OCCCCC/C=C\CCCCCCCC(=O)NC(CO)C(O)CCCCCCCCCCCCCCCCCCCCCCCCCCC. The monoisotopic (exact) mass is 986 g/mol. The number of aliphatic hydroxyl groups is 2. The van der Waals surface area contributed by atoms with E-state index in [0.717, 1.165) is 77.0 Å². The highest BCUT2D eigenvalue weighted by molar-refractivity contribution is 5.76. The van der Waals surface area contributed by atoms with Gasteiger partial charge in [-0.25, -0.2) is 0 Å². The first-order valence-electron chi connectivity index (χ1n) is 31.6. The molecular weight excluding hydrogens is 863 g/mol. The van der Waals surface area contributed by atoms with Crippen LogP contribution in [0.2, 0.25) is 0 Å². The quantitative estimate of drug-likeness (QED) is 0.0321. The summed E-state index contributed by atoms with van der Waals surface area (Å²) in [4.78, 5) is 24.6. The highest BCUT2D eigenvalue weighted by atomic mass is 16.5. The lowest BCUT2D eigenvalue weighted by molar-refractivity contribution is -0.143. The third kappa shape index (κ3) is 55.7. The number of hydrogen-bond acceptors (Lipinski definition) is 5. The maximum Gasteiger partial charge on any atom is 0.305 e. The van der Waals surface area contributed by atoms with Crippen LogP contribution in [-0.2, 0) is 14.3 Å². The number of unbranched alkanes of at least 4 members (excludes halogenated alkanes) is 44. The minimum absolute atomic E-state index is 0.0290. The molecule has 0 bridgehead atoms. The maximum absolute atomic E-state index is 12.5. The summed E-state index contributed by atoms with van der Waals surface area (Å²) < 4.78 is 5.46. The zero-order valence-corrected chi connectivity index (χ0v) is 47.3. The summed E-state index contributed by atoms with van der Waals surface area (Å²) >= 11 is 0. The van der Waals surface area contributed by atoms with Gasteiger partial charge in [-0.3, -0.25) is 9.59 Å². The highest BCUT2D eigenvalue weighted by Gasteiger charge is 2.20. The van der Waals surface area contributed by atoms with E-state index in [1.165, 1.54) is 238 Å². The number of esters is 1. The molecule has 0 saturated carbocycles. The van der Waals surface area contributed by atoms with Gasteiger partial charge in [0.2, 0.25) is 5.91 Å². The lowest BCUT2D eigenvalue weighted by Gasteiger charge is -2.22. The zero-order chi connectivity index (χ0) is 50.7. The van der Waals surface area contributed by atoms with Crippen LogP contribution < -0.4 is 5.32 Å². The Morgan fingerprint density at radius 1 is 0.386 bits per heavy atom. The molecule has 70 heavy (non-hydrogen) atoms. The van der Waals surface area contributed by atoms with Gasteiger partial charge in [0.05, 0.1) is 25.4 Å². The molecule has 0 aromatic rings. The number of allylic oxidation sites excluding steroid dienone is 4. The van der Waals surface area contributed by atoms with E-state index in [1.54, 1.807) is 0 Å². The molecule has 1 amide bonds. The first kappa shape index (κ1) is 68.3. The minimum atomic E-state index is -0.682. The minimum Gasteiger partial charge on any atom is -0.466 e. The van der Waals surface area contributed by atoms with Gasteiger partial charge in [0.25, 0.3) is 0 Å². The first-order chi connectivity index (χ1) is 34.5. The molecule has 6 heteroatoms. The molecule has 0 aliphatic carbocycles. The number of amides is 1. The zero-order valence-electron chi connectivity index (χ0n) is 47.3. The smallest absolute Gasteiger partial charge is 0.305 e. The second-order valence-corrected chi connectivity index (χ2v) is 21.7. The molecule has 0 aromatic heterocycles. The summed E-state index contributed by atoms with van der Waals surface area (Å²) in [6.45, 7) is 4.91. The molecule has 0 aliphatic heterocycles. The Kier molecular flexibility index (Phi) is 58.5. The van der Waals surface area contributed by atoms with E-state index in [9.17, 15) is 19.8 Å². The summed E-state index contributed by atoms with van der Waals surface area (Å²) in [7, 11) is 0. The average molecular weight is 987 g/mol. The Balaban J connectivity index is 3.48. The third-order valence-electron chi connectivity index (χ3n) is 14.7. The van der Waals surface area contributed by atoms with Crippen LogP contribution in [0, 0.1) is 0 Å². The normalized spacial score (nSPS) is 12.7. The number of carbonyl (C=O) groups excluding carboxylic acids is 2. The van der Waals surface area contributed by atoms with Gasteiger partial charge < -0.3 is 20.3 Å². The molecular formula is C64H123NO5. The average Bonchev–Trinajstić information content (AvgIpc) is 3.36. The van der Waals surface area contributed by atoms with Crippen LogP contribution in [0.4, 0.5) is 0 Å². The van der Waals surface area contributed by atoms with E-state index in [4.69, 9.17) is 4.74 Å². The van der Waals surface area contributed by atoms with Crippen molar-refractivity contribution in [3.63, 3.8) is 0 Å². The van der Waals surface area contributed by atoms with Gasteiger partial charge >= 0.3 is 5.97 Å². The van der Waals surface area contributed by atoms with E-state index in [0.29, 0.717) is 25.9 Å². The molecule has 0 aliphatic rings. The molecule has 0 aromatic carbocycles. The molecule has 0 radical (unpaired) electrons. The van der Waals surface area contributed by atoms with Crippen LogP contribution in [0.15, 0.2) is 24.3 Å². The Morgan fingerprint density at radius 2 is 0.671 bits per heavy atom. The lowest BCUT2D eigenvalue weighted by Crippen LogP contribution is -2.45. The van der Waals surface area contributed by atoms with E-state index >= 15 is 0 Å². The van der Waals surface area contributed by atoms with Crippen LogP contribution in [0.3, 0.4) is 0 Å². The molecule has 0 fully saturated rings. The fraction of sp³-hybridized carbons (Fsp3) is 0.906. The Bertz CT molecular complexity index is 1090. The predicted octanol–water partition coefficient (Wildman–Crippen LogP) is 19.8. The lowest BCUT2D eigenvalue weighted by atomic mass is 10.0. The Hall–Kier alpha value is -1.66. The largest absolute Gasteiger partial charge is 0.466 e. The van der Waals surface area contributed by atoms with Crippen molar-refractivity contribution < 1.29 is 24.5 Å². The number of aliphatic hydroxyl groups excluding tert-OH is 2. The van der Waals surface area contributed by atoms with Crippen LogP contribution in [0.5, 0.6) is 0 Å². The summed E-state index contributed by atoms with van der Waals surface area (Å²) in [5.74, 6) is -0.0865. The van der Waals surface area contributed by atoms with Crippen LogP contribution in [0.1, 0.15) is 348 Å². The maximum atomic E-state index is 12.5. The molecule has 0 heterocycles. The van der Waals surface area contributed by atoms with Crippen LogP contribution >= 0.6 is 0 Å². The van der Waals surface area contributed by atoms with Gasteiger partial charge in [-0.15, -0.1) is 0 Å². The predicted molar refractivity (Wildman–Crippen MR) is 306 cm³/mol. The fourth-order valence-electron chi connectivity index (χ4n) is 9.87. The van der Waals surface area contributed by atoms with Gasteiger partial charge in [0.15, 0.2) is 0 Å². The molecule has 3 N–H and O–H groups in total. The van der Waals surface area contributed by atoms with E-state index < -0.39 is 12.1 Å². The van der Waals surface area contributed by atoms with Crippen molar-refractivity contribution in [1.82, 2.24) is 5.32 Å². The number of hydrogen-bond donors (Lipinski definition) is 3. The molecule has 0 saturated heterocycles. The van der Waals surface area contributed by atoms with Crippen LogP contribution in [-0.4, -0.2) is 47.4 Å². The van der Waals surface area contributed by atoms with Crippen molar-refractivity contribution in [2.24, 2.45) is 0 Å². The van der Waals surface area contributed by atoms with Gasteiger partial charge in [-0.1, -0.05) is 276 Å². The molecule has 0 spiro atoms. The first-order valence-corrected chi connectivity index (χ1v) is 31.6. The summed E-state index contributed by atoms with van der Waals surface area (Å²) in [6.07, 6.45) is 73.3. The summed E-state index contributed by atoms with van der Waals surface area (Å²) in [6, 6.07) is -0.562. The number of ether oxygens (including phenoxy) is 1. The standard InChI is InChI=1S/C64H123NO5/c1-3-5-7-9-11-13-15-17-19-21-22-23-24-25-26-27-28-29-30-32-36-40-44-48-52-56-62(67)61(60-66)65-63(68)57-53-49-45-41-37-34-35-39-43-47-51-55-59-70-64(69)58-54-50-46-42-38-33-31-20-18-16-14-12-10-8-6-4-2/h20,31,35,39,61-62,66-67H,3-19,21-30,32-34,36-38,40-60H2,1-2H3,(H,65,68)/b31-20-,39-35-. The van der Waals surface area contributed by atoms with Crippen LogP contribution in [0.25, 0.3) is 0 Å². The van der Waals surface area contributed by atoms with Crippen molar-refractivity contribution in [1.29, 1.82) is 0 Å². The van der Waals surface area contributed by atoms with Gasteiger partial charge in [-0.05, 0) is 83.5 Å². The molecule has 2 unspecified atom stereocenters. The Labute approximate surface area is 437 Å². The van der Waals surface area contributed by atoms with Crippen molar-refractivity contribution in [2.75, 3.05) is 13.2 Å². The second-order valence-electron chi connectivity index (χ2n) is 21.7. The Morgan fingerprint density at radius 3 is 1.01 bits per heavy atom. The highest BCUT2D eigenvalue weighted by Crippen LogP contribution is 2.18. The summed E-state index contributed by atoms with van der Waals surface area (Å²) in [5.41, 5.74) is 0. The van der Waals surface area contributed by atoms with E-state index in [1.807, 2.05) is 0 Å². The van der Waals surface area contributed by atoms with E-state index in [-0.39, 0.29) is 18.5 Å². The molecule has 414 valence electrons. The number of rotatable bonds is 59. The summed E-state index contributed by atoms with van der Waals surface area (Å²) in [5, 5.41) is 23.4. The molecule has 0 rings (SSSR count). The number of carbonyl (C=O) groups is 2. The molecule has 6 nitrogen and oxygen atoms in total. The number of nitrogens with one attached hydrogen (secondary N) is 1. The van der Waals surface area contributed by atoms with Gasteiger partial charge in [0, 0.05) is 12.8 Å². The van der Waals surface area contributed by atoms with Crippen molar-refractivity contribution in [2.45, 2.75) is 360 Å². The van der Waals surface area contributed by atoms with Crippen molar-refractivity contribution in [3.05, 3.63) is 24.3 Å². The topological polar surface area (TPSA) is 95.9 Å². The van der Waals surface area contributed by atoms with E-state index in [2.05, 4.69) is 43.5 Å². The molecule has 2 atom stereocenters. The third-order valence-corrected chi connectivity index (χ3v) is 14.7. The second kappa shape index (κ2) is 59.9. The van der Waals surface area contributed by atoms with Crippen molar-refractivity contribution >= 4 is 11.9 Å².